The molecule has 0 aliphatic carbocycles. The van der Waals surface area contributed by atoms with Gasteiger partial charge >= 0.3 is 0 Å². The predicted octanol–water partition coefficient (Wildman–Crippen LogP) is 6.43. The number of allylic oxidation sites excluding steroid dienone is 2. The predicted molar refractivity (Wildman–Crippen MR) is 117 cm³/mol. The van der Waals surface area contributed by atoms with Gasteiger partial charge in [0.25, 0.3) is 0 Å². The lowest BCUT2D eigenvalue weighted by Crippen LogP contribution is -2.41. The van der Waals surface area contributed by atoms with Gasteiger partial charge in [0.2, 0.25) is 0 Å². The normalized spacial score (nSPS) is 15.8. The minimum atomic E-state index is 0.118. The van der Waals surface area contributed by atoms with Crippen LogP contribution in [-0.4, -0.2) is 30.0 Å². The van der Waals surface area contributed by atoms with Gasteiger partial charge in [-0.3, -0.25) is 4.99 Å². The van der Waals surface area contributed by atoms with Gasteiger partial charge in [-0.1, -0.05) is 76.9 Å². The second-order valence-electron chi connectivity index (χ2n) is 7.92. The standard InChI is InChI=1S/C23H45N3/c1-3-4-5-6-7-8-9-10-11-12-13-14-15-16-17-18-19-23-25-20-21-26(23)22(2)24/h8-9,22H,3-7,10-21,24H2,1-2H3/b9-8+. The van der Waals surface area contributed by atoms with E-state index in [1.54, 1.807) is 0 Å². The first-order valence-corrected chi connectivity index (χ1v) is 11.5. The molecule has 0 radical (unpaired) electrons. The van der Waals surface area contributed by atoms with Crippen LogP contribution in [0.15, 0.2) is 17.1 Å². The van der Waals surface area contributed by atoms with Gasteiger partial charge in [0.1, 0.15) is 5.84 Å². The highest BCUT2D eigenvalue weighted by atomic mass is 15.3. The molecular formula is C23H45N3. The third kappa shape index (κ3) is 11.7. The summed E-state index contributed by atoms with van der Waals surface area (Å²) in [5.41, 5.74) is 5.99. The Morgan fingerprint density at radius 1 is 0.885 bits per heavy atom. The van der Waals surface area contributed by atoms with E-state index in [4.69, 9.17) is 5.73 Å². The lowest BCUT2D eigenvalue weighted by atomic mass is 10.1. The van der Waals surface area contributed by atoms with Gasteiger partial charge in [0.15, 0.2) is 0 Å². The molecule has 1 aliphatic heterocycles. The second kappa shape index (κ2) is 16.4. The van der Waals surface area contributed by atoms with Crippen LogP contribution in [0.2, 0.25) is 0 Å². The molecule has 1 rings (SSSR count). The molecule has 0 amide bonds. The molecule has 1 unspecified atom stereocenters. The lowest BCUT2D eigenvalue weighted by molar-refractivity contribution is 0.358. The molecule has 0 saturated heterocycles. The highest BCUT2D eigenvalue weighted by Gasteiger charge is 2.18. The van der Waals surface area contributed by atoms with E-state index in [0.717, 1.165) is 19.5 Å². The lowest BCUT2D eigenvalue weighted by Gasteiger charge is -2.24. The molecular weight excluding hydrogens is 318 g/mol. The zero-order chi connectivity index (χ0) is 18.9. The highest BCUT2D eigenvalue weighted by molar-refractivity contribution is 5.83. The van der Waals surface area contributed by atoms with Gasteiger partial charge in [0, 0.05) is 13.0 Å². The minimum Gasteiger partial charge on any atom is -0.343 e. The first-order valence-electron chi connectivity index (χ1n) is 11.5. The second-order valence-corrected chi connectivity index (χ2v) is 7.92. The molecule has 0 fully saturated rings. The van der Waals surface area contributed by atoms with Crippen LogP contribution in [0.3, 0.4) is 0 Å². The third-order valence-corrected chi connectivity index (χ3v) is 5.37. The largest absolute Gasteiger partial charge is 0.343 e. The van der Waals surface area contributed by atoms with Gasteiger partial charge in [-0.2, -0.15) is 0 Å². The van der Waals surface area contributed by atoms with Crippen LogP contribution < -0.4 is 5.73 Å². The Morgan fingerprint density at radius 2 is 1.42 bits per heavy atom. The summed E-state index contributed by atoms with van der Waals surface area (Å²) in [4.78, 5) is 6.87. The van der Waals surface area contributed by atoms with Gasteiger partial charge in [0.05, 0.1) is 12.7 Å². The zero-order valence-electron chi connectivity index (χ0n) is 17.7. The van der Waals surface area contributed by atoms with Crippen molar-refractivity contribution in [1.82, 2.24) is 4.90 Å². The summed E-state index contributed by atoms with van der Waals surface area (Å²) in [6.07, 6.45) is 25.1. The molecule has 3 heteroatoms. The average molecular weight is 364 g/mol. The Labute approximate surface area is 163 Å². The van der Waals surface area contributed by atoms with Crippen molar-refractivity contribution < 1.29 is 0 Å². The fraction of sp³-hybridized carbons (Fsp3) is 0.870. The van der Waals surface area contributed by atoms with Crippen LogP contribution >= 0.6 is 0 Å². The molecule has 0 spiro atoms. The quantitative estimate of drug-likeness (QED) is 0.239. The van der Waals surface area contributed by atoms with E-state index < -0.39 is 0 Å². The number of hydrogen-bond donors (Lipinski definition) is 1. The summed E-state index contributed by atoms with van der Waals surface area (Å²) in [5.74, 6) is 1.25. The van der Waals surface area contributed by atoms with Crippen LogP contribution in [0.5, 0.6) is 0 Å². The van der Waals surface area contributed by atoms with Crippen molar-refractivity contribution in [3.8, 4) is 0 Å². The number of nitrogens with two attached hydrogens (primary N) is 1. The maximum Gasteiger partial charge on any atom is 0.100 e. The fourth-order valence-electron chi connectivity index (χ4n) is 3.70. The van der Waals surface area contributed by atoms with E-state index in [9.17, 15) is 0 Å². The molecule has 3 nitrogen and oxygen atoms in total. The van der Waals surface area contributed by atoms with E-state index in [0.29, 0.717) is 0 Å². The van der Waals surface area contributed by atoms with Crippen molar-refractivity contribution in [2.75, 3.05) is 13.1 Å². The first kappa shape index (κ1) is 23.2. The molecule has 0 bridgehead atoms. The van der Waals surface area contributed by atoms with Crippen LogP contribution in [-0.2, 0) is 0 Å². The van der Waals surface area contributed by atoms with Gasteiger partial charge in [-0.05, 0) is 39.0 Å². The smallest absolute Gasteiger partial charge is 0.100 e. The van der Waals surface area contributed by atoms with Crippen molar-refractivity contribution in [2.24, 2.45) is 10.7 Å². The minimum absolute atomic E-state index is 0.118. The summed E-state index contributed by atoms with van der Waals surface area (Å²) in [6, 6.07) is 0. The molecule has 152 valence electrons. The molecule has 1 aliphatic rings. The van der Waals surface area contributed by atoms with E-state index in [-0.39, 0.29) is 6.17 Å². The molecule has 0 saturated carbocycles. The zero-order valence-corrected chi connectivity index (χ0v) is 17.7. The molecule has 26 heavy (non-hydrogen) atoms. The summed E-state index contributed by atoms with van der Waals surface area (Å²) in [6.45, 7) is 6.29. The Hall–Kier alpha value is -0.830. The number of rotatable bonds is 17. The van der Waals surface area contributed by atoms with Crippen molar-refractivity contribution in [3.63, 3.8) is 0 Å². The van der Waals surface area contributed by atoms with Gasteiger partial charge < -0.3 is 10.6 Å². The number of amidine groups is 1. The maximum atomic E-state index is 5.99. The fourth-order valence-corrected chi connectivity index (χ4v) is 3.70. The maximum absolute atomic E-state index is 5.99. The van der Waals surface area contributed by atoms with E-state index in [2.05, 4.69) is 35.9 Å². The van der Waals surface area contributed by atoms with Crippen LogP contribution in [0.4, 0.5) is 0 Å². The summed E-state index contributed by atoms with van der Waals surface area (Å²) < 4.78 is 0. The monoisotopic (exact) mass is 363 g/mol. The average Bonchev–Trinajstić information content (AvgIpc) is 3.10. The summed E-state index contributed by atoms with van der Waals surface area (Å²) in [7, 11) is 0. The molecule has 0 aromatic heterocycles. The molecule has 0 aromatic rings. The van der Waals surface area contributed by atoms with Gasteiger partial charge in [-0.25, -0.2) is 0 Å². The van der Waals surface area contributed by atoms with Crippen molar-refractivity contribution in [1.29, 1.82) is 0 Å². The van der Waals surface area contributed by atoms with E-state index in [1.165, 1.54) is 95.7 Å². The van der Waals surface area contributed by atoms with Crippen LogP contribution in [0.1, 0.15) is 110 Å². The van der Waals surface area contributed by atoms with E-state index in [1.807, 2.05) is 0 Å². The van der Waals surface area contributed by atoms with E-state index >= 15 is 0 Å². The Balaban J connectivity index is 1.80. The Bertz CT molecular complexity index is 374. The number of aliphatic imine (C=N–C) groups is 1. The molecule has 0 aromatic carbocycles. The topological polar surface area (TPSA) is 41.6 Å². The van der Waals surface area contributed by atoms with Crippen molar-refractivity contribution in [2.45, 2.75) is 116 Å². The van der Waals surface area contributed by atoms with Crippen molar-refractivity contribution in [3.05, 3.63) is 12.2 Å². The molecule has 2 N–H and O–H groups in total. The van der Waals surface area contributed by atoms with Gasteiger partial charge in [-0.15, -0.1) is 0 Å². The number of nitrogens with zero attached hydrogens (tertiary/aromatic N) is 2. The Morgan fingerprint density at radius 3 is 2.00 bits per heavy atom. The first-order chi connectivity index (χ1) is 12.8. The number of unbranched alkanes of at least 4 members (excludes halogenated alkanes) is 12. The number of hydrogen-bond acceptors (Lipinski definition) is 3. The van der Waals surface area contributed by atoms with Crippen LogP contribution in [0.25, 0.3) is 0 Å². The Kier molecular flexibility index (Phi) is 14.6. The van der Waals surface area contributed by atoms with Crippen molar-refractivity contribution >= 4 is 5.84 Å². The third-order valence-electron chi connectivity index (χ3n) is 5.37. The summed E-state index contributed by atoms with van der Waals surface area (Å²) in [5, 5.41) is 0. The SMILES string of the molecule is CCCCCC/C=C/CCCCCCCCCCC1=NCCN1C(C)N. The highest BCUT2D eigenvalue weighted by Crippen LogP contribution is 2.14. The molecule has 1 heterocycles. The van der Waals surface area contributed by atoms with Crippen LogP contribution in [0, 0.1) is 0 Å². The molecule has 1 atom stereocenters. The summed E-state index contributed by atoms with van der Waals surface area (Å²) >= 11 is 0.